The molecule has 4 aliphatic carbocycles. The minimum atomic E-state index is -2.24. The Morgan fingerprint density at radius 2 is 1.91 bits per heavy atom. The number of allylic oxidation sites excluding steroid dienone is 4. The normalized spacial score (nSPS) is 46.7. The Labute approximate surface area is 198 Å². The number of halogens is 2. The molecule has 0 spiro atoms. The Balaban J connectivity index is 1.88. The molecule has 4 unspecified atom stereocenters. The molecule has 5 nitrogen and oxygen atoms in total. The predicted octanol–water partition coefficient (Wildman–Crippen LogP) is 4.29. The summed E-state index contributed by atoms with van der Waals surface area (Å²) in [7, 11) is 0. The van der Waals surface area contributed by atoms with Gasteiger partial charge >= 0.3 is 5.97 Å². The fourth-order valence-electron chi connectivity index (χ4n) is 7.49. The molecule has 0 aromatic rings. The summed E-state index contributed by atoms with van der Waals surface area (Å²) in [6.07, 6.45) is 0.765. The van der Waals surface area contributed by atoms with Gasteiger partial charge < -0.3 is 9.84 Å². The molecule has 0 aromatic heterocycles. The van der Waals surface area contributed by atoms with E-state index in [4.69, 9.17) is 4.74 Å². The van der Waals surface area contributed by atoms with Crippen LogP contribution in [-0.2, 0) is 19.1 Å². The average Bonchev–Trinajstić information content (AvgIpc) is 2.93. The highest BCUT2D eigenvalue weighted by atomic mass is 32.1. The maximum Gasteiger partial charge on any atom is 0.309 e. The number of ketones is 1. The second kappa shape index (κ2) is 7.48. The van der Waals surface area contributed by atoms with Gasteiger partial charge in [-0.2, -0.15) is 0 Å². The van der Waals surface area contributed by atoms with Crippen molar-refractivity contribution in [1.29, 1.82) is 0 Å². The lowest BCUT2D eigenvalue weighted by Gasteiger charge is -2.62. The summed E-state index contributed by atoms with van der Waals surface area (Å²) in [6.45, 7) is 8.34. The monoisotopic (exact) mass is 482 g/mol. The number of carbonyl (C=O) groups excluding carboxylic acids is 3. The number of hydrogen-bond donors (Lipinski definition) is 2. The van der Waals surface area contributed by atoms with E-state index < -0.39 is 68.8 Å². The number of ether oxygens (including phenoxy) is 1. The van der Waals surface area contributed by atoms with Gasteiger partial charge in [0.2, 0.25) is 5.12 Å². The van der Waals surface area contributed by atoms with Crippen molar-refractivity contribution < 1.29 is 33.0 Å². The first-order chi connectivity index (χ1) is 15.2. The van der Waals surface area contributed by atoms with E-state index in [1.807, 2.05) is 0 Å². The van der Waals surface area contributed by atoms with Crippen LogP contribution in [0.25, 0.3) is 0 Å². The van der Waals surface area contributed by atoms with E-state index in [1.165, 1.54) is 19.1 Å². The van der Waals surface area contributed by atoms with E-state index in [9.17, 15) is 19.5 Å². The standard InChI is InChI=1S/C25H32F2O5S/c1-12(2)20(30)32-25(21(31)33)13(3)8-15-16-10-18(26)17-9-14(28)6-7-22(17,4)24(16,27)19(29)11-23(15,25)5/h6-7,12-13,15-16,19,29H,8-11H2,1-5H3,(H,31,33)/t13-,15?,16?,19+,22?,23?,24+,25+/m1/s1. The topological polar surface area (TPSA) is 80.7 Å². The highest BCUT2D eigenvalue weighted by Gasteiger charge is 2.77. The van der Waals surface area contributed by atoms with Crippen LogP contribution in [0.3, 0.4) is 0 Å². The Kier molecular flexibility index (Phi) is 5.57. The smallest absolute Gasteiger partial charge is 0.309 e. The van der Waals surface area contributed by atoms with Gasteiger partial charge in [-0.25, -0.2) is 8.78 Å². The summed E-state index contributed by atoms with van der Waals surface area (Å²) < 4.78 is 38.5. The zero-order valence-electron chi connectivity index (χ0n) is 19.7. The largest absolute Gasteiger partial charge is 0.449 e. The molecule has 33 heavy (non-hydrogen) atoms. The molecule has 0 bridgehead atoms. The SMILES string of the molecule is CC(C)C(=O)O[C@]1(C(=O)S)[C@H](C)CC2C3CC(F)=C4CC(=O)C=CC4(C)[C@@]3(F)[C@@H](O)CC21C. The molecular weight excluding hydrogens is 450 g/mol. The molecule has 0 aliphatic heterocycles. The van der Waals surface area contributed by atoms with Gasteiger partial charge in [0.15, 0.2) is 17.1 Å². The van der Waals surface area contributed by atoms with Gasteiger partial charge in [0, 0.05) is 35.5 Å². The average molecular weight is 483 g/mol. The number of rotatable bonds is 3. The Hall–Kier alpha value is -1.54. The highest BCUT2D eigenvalue weighted by molar-refractivity contribution is 7.96. The molecule has 4 aliphatic rings. The highest BCUT2D eigenvalue weighted by Crippen LogP contribution is 2.71. The molecule has 8 heteroatoms. The fraction of sp³-hybridized carbons (Fsp3) is 0.720. The van der Waals surface area contributed by atoms with E-state index in [-0.39, 0.29) is 30.6 Å². The van der Waals surface area contributed by atoms with Crippen molar-refractivity contribution in [3.63, 3.8) is 0 Å². The van der Waals surface area contributed by atoms with E-state index in [0.29, 0.717) is 6.42 Å². The van der Waals surface area contributed by atoms with Crippen molar-refractivity contribution in [3.8, 4) is 0 Å². The summed E-state index contributed by atoms with van der Waals surface area (Å²) in [5.74, 6) is -3.93. The van der Waals surface area contributed by atoms with Gasteiger partial charge in [0.1, 0.15) is 5.83 Å². The van der Waals surface area contributed by atoms with E-state index in [1.54, 1.807) is 27.7 Å². The predicted molar refractivity (Wildman–Crippen MR) is 121 cm³/mol. The van der Waals surface area contributed by atoms with Crippen molar-refractivity contribution in [2.45, 2.75) is 77.7 Å². The van der Waals surface area contributed by atoms with E-state index in [0.717, 1.165) is 0 Å². The first-order valence-electron chi connectivity index (χ1n) is 11.6. The summed E-state index contributed by atoms with van der Waals surface area (Å²) in [4.78, 5) is 37.7. The zero-order valence-corrected chi connectivity index (χ0v) is 20.5. The number of aliphatic hydroxyl groups is 1. The van der Waals surface area contributed by atoms with Crippen LogP contribution in [0.4, 0.5) is 8.78 Å². The van der Waals surface area contributed by atoms with Gasteiger partial charge in [-0.05, 0) is 37.3 Å². The molecule has 0 saturated heterocycles. The minimum Gasteiger partial charge on any atom is -0.449 e. The van der Waals surface area contributed by atoms with Crippen LogP contribution >= 0.6 is 12.6 Å². The van der Waals surface area contributed by atoms with Gasteiger partial charge in [0.05, 0.1) is 12.0 Å². The number of fused-ring (bicyclic) bond motifs is 5. The zero-order chi connectivity index (χ0) is 24.7. The molecule has 2 fully saturated rings. The van der Waals surface area contributed by atoms with Crippen LogP contribution in [0.5, 0.6) is 0 Å². The molecule has 0 heterocycles. The maximum absolute atomic E-state index is 17.2. The number of thiol groups is 1. The molecule has 4 rings (SSSR count). The molecule has 2 saturated carbocycles. The maximum atomic E-state index is 17.2. The van der Waals surface area contributed by atoms with Gasteiger partial charge in [0.25, 0.3) is 0 Å². The minimum absolute atomic E-state index is 0.0882. The van der Waals surface area contributed by atoms with Crippen molar-refractivity contribution >= 4 is 29.5 Å². The van der Waals surface area contributed by atoms with Crippen LogP contribution in [0.1, 0.15) is 60.3 Å². The van der Waals surface area contributed by atoms with Crippen molar-refractivity contribution in [1.82, 2.24) is 0 Å². The summed E-state index contributed by atoms with van der Waals surface area (Å²) >= 11 is 4.12. The Morgan fingerprint density at radius 1 is 1.27 bits per heavy atom. The van der Waals surface area contributed by atoms with Gasteiger partial charge in [-0.1, -0.05) is 33.8 Å². The van der Waals surface area contributed by atoms with E-state index >= 15 is 8.78 Å². The van der Waals surface area contributed by atoms with Crippen LogP contribution in [0.15, 0.2) is 23.6 Å². The number of hydrogen-bond acceptors (Lipinski definition) is 5. The Morgan fingerprint density at radius 3 is 2.48 bits per heavy atom. The third-order valence-electron chi connectivity index (χ3n) is 9.25. The molecule has 182 valence electrons. The summed E-state index contributed by atoms with van der Waals surface area (Å²) in [6, 6.07) is 0. The molecular formula is C25H32F2O5S. The van der Waals surface area contributed by atoms with Crippen LogP contribution < -0.4 is 0 Å². The number of carbonyl (C=O) groups is 3. The number of aliphatic hydroxyl groups excluding tert-OH is 1. The van der Waals surface area contributed by atoms with Crippen molar-refractivity contribution in [2.24, 2.45) is 34.5 Å². The van der Waals surface area contributed by atoms with Crippen molar-refractivity contribution in [3.05, 3.63) is 23.6 Å². The van der Waals surface area contributed by atoms with Crippen LogP contribution in [0, 0.1) is 34.5 Å². The van der Waals surface area contributed by atoms with Gasteiger partial charge in [-0.3, -0.25) is 14.4 Å². The van der Waals surface area contributed by atoms with Crippen LogP contribution in [-0.4, -0.2) is 39.3 Å². The lowest BCUT2D eigenvalue weighted by atomic mass is 9.45. The first-order valence-corrected chi connectivity index (χ1v) is 12.0. The lowest BCUT2D eigenvalue weighted by Crippen LogP contribution is -2.69. The summed E-state index contributed by atoms with van der Waals surface area (Å²) in [5, 5.41) is 10.7. The van der Waals surface area contributed by atoms with Crippen molar-refractivity contribution in [2.75, 3.05) is 0 Å². The molecule has 0 amide bonds. The third kappa shape index (κ3) is 2.89. The Bertz CT molecular complexity index is 991. The quantitative estimate of drug-likeness (QED) is 0.463. The second-order valence-corrected chi connectivity index (χ2v) is 11.5. The first kappa shape index (κ1) is 24.6. The van der Waals surface area contributed by atoms with Gasteiger partial charge in [-0.15, -0.1) is 12.6 Å². The fourth-order valence-corrected chi connectivity index (χ4v) is 8.01. The number of esters is 1. The second-order valence-electron chi connectivity index (χ2n) is 11.1. The lowest BCUT2D eigenvalue weighted by molar-refractivity contribution is -0.224. The summed E-state index contributed by atoms with van der Waals surface area (Å²) in [5.41, 5.74) is -6.44. The number of alkyl halides is 1. The van der Waals surface area contributed by atoms with Crippen LogP contribution in [0.2, 0.25) is 0 Å². The molecule has 0 aromatic carbocycles. The molecule has 0 radical (unpaired) electrons. The van der Waals surface area contributed by atoms with E-state index in [2.05, 4.69) is 12.6 Å². The molecule has 8 atom stereocenters. The molecule has 1 N–H and O–H groups in total. The third-order valence-corrected chi connectivity index (χ3v) is 9.58.